The Morgan fingerprint density at radius 1 is 1.32 bits per heavy atom. The van der Waals surface area contributed by atoms with Gasteiger partial charge in [-0.15, -0.1) is 0 Å². The van der Waals surface area contributed by atoms with Crippen molar-refractivity contribution in [3.63, 3.8) is 0 Å². The number of non-ortho nitro benzene ring substituents is 1. The van der Waals surface area contributed by atoms with Crippen LogP contribution in [0.15, 0.2) is 52.0 Å². The zero-order chi connectivity index (χ0) is 18.2. The predicted molar refractivity (Wildman–Crippen MR) is 97.8 cm³/mol. The number of ether oxygens (including phenoxy) is 1. The molecule has 130 valence electrons. The molecule has 0 aliphatic carbocycles. The van der Waals surface area contributed by atoms with Crippen molar-refractivity contribution in [2.24, 2.45) is 5.10 Å². The van der Waals surface area contributed by atoms with Crippen molar-refractivity contribution in [2.75, 3.05) is 6.61 Å². The van der Waals surface area contributed by atoms with E-state index in [9.17, 15) is 14.9 Å². The van der Waals surface area contributed by atoms with Crippen molar-refractivity contribution >= 4 is 33.7 Å². The normalized spacial score (nSPS) is 10.6. The van der Waals surface area contributed by atoms with Gasteiger partial charge in [0.15, 0.2) is 0 Å². The van der Waals surface area contributed by atoms with Gasteiger partial charge in [-0.25, -0.2) is 5.43 Å². The monoisotopic (exact) mass is 405 g/mol. The van der Waals surface area contributed by atoms with Gasteiger partial charge in [0, 0.05) is 22.2 Å². The van der Waals surface area contributed by atoms with E-state index in [0.717, 1.165) is 11.3 Å². The maximum atomic E-state index is 11.9. The fourth-order valence-electron chi connectivity index (χ4n) is 2.00. The quantitative estimate of drug-likeness (QED) is 0.433. The van der Waals surface area contributed by atoms with E-state index >= 15 is 0 Å². The first-order chi connectivity index (χ1) is 12.0. The minimum atomic E-state index is -0.482. The number of benzene rings is 2. The number of halogens is 1. The van der Waals surface area contributed by atoms with Gasteiger partial charge in [0.25, 0.3) is 5.69 Å². The van der Waals surface area contributed by atoms with Gasteiger partial charge in [0.1, 0.15) is 5.75 Å². The van der Waals surface area contributed by atoms with Crippen LogP contribution in [0.2, 0.25) is 0 Å². The molecule has 2 aromatic carbocycles. The van der Waals surface area contributed by atoms with Crippen LogP contribution in [-0.4, -0.2) is 23.7 Å². The molecule has 25 heavy (non-hydrogen) atoms. The molecule has 0 aliphatic rings. The van der Waals surface area contributed by atoms with E-state index < -0.39 is 4.92 Å². The highest BCUT2D eigenvalue weighted by Gasteiger charge is 2.08. The van der Waals surface area contributed by atoms with Gasteiger partial charge >= 0.3 is 0 Å². The van der Waals surface area contributed by atoms with E-state index in [-0.39, 0.29) is 18.0 Å². The summed E-state index contributed by atoms with van der Waals surface area (Å²) in [6.45, 7) is 2.50. The van der Waals surface area contributed by atoms with Crippen LogP contribution < -0.4 is 10.2 Å². The molecule has 0 radical (unpaired) electrons. The largest absolute Gasteiger partial charge is 0.494 e. The van der Waals surface area contributed by atoms with Crippen LogP contribution in [0, 0.1) is 10.1 Å². The number of nitro groups is 1. The second-order valence-corrected chi connectivity index (χ2v) is 5.86. The fourth-order valence-corrected chi connectivity index (χ4v) is 2.47. The average Bonchev–Trinajstić information content (AvgIpc) is 2.58. The Bertz CT molecular complexity index is 791. The molecule has 0 atom stereocenters. The first-order valence-electron chi connectivity index (χ1n) is 7.47. The van der Waals surface area contributed by atoms with Crippen molar-refractivity contribution in [3.8, 4) is 5.75 Å². The second-order valence-electron chi connectivity index (χ2n) is 5.01. The van der Waals surface area contributed by atoms with Crippen LogP contribution in [0.3, 0.4) is 0 Å². The Morgan fingerprint density at radius 2 is 2.04 bits per heavy atom. The maximum absolute atomic E-state index is 11.9. The van der Waals surface area contributed by atoms with E-state index in [1.165, 1.54) is 18.3 Å². The summed E-state index contributed by atoms with van der Waals surface area (Å²) in [4.78, 5) is 22.1. The summed E-state index contributed by atoms with van der Waals surface area (Å²) in [6, 6.07) is 11.6. The summed E-state index contributed by atoms with van der Waals surface area (Å²) in [5.74, 6) is 0.492. The topological polar surface area (TPSA) is 93.8 Å². The number of hydrazone groups is 1. The molecule has 0 bridgehead atoms. The lowest BCUT2D eigenvalue weighted by Crippen LogP contribution is -2.19. The Balaban J connectivity index is 1.91. The van der Waals surface area contributed by atoms with E-state index in [1.54, 1.807) is 6.07 Å². The number of nitrogens with one attached hydrogen (secondary N) is 1. The molecule has 2 aromatic rings. The van der Waals surface area contributed by atoms with Gasteiger partial charge in [0.2, 0.25) is 5.91 Å². The van der Waals surface area contributed by atoms with Gasteiger partial charge < -0.3 is 4.74 Å². The fraction of sp³-hybridized carbons (Fsp3) is 0.176. The molecule has 1 N–H and O–H groups in total. The first-order valence-corrected chi connectivity index (χ1v) is 8.26. The summed E-state index contributed by atoms with van der Waals surface area (Å²) < 4.78 is 5.86. The second kappa shape index (κ2) is 8.93. The molecule has 7 nitrogen and oxygen atoms in total. The molecule has 0 saturated heterocycles. The van der Waals surface area contributed by atoms with Gasteiger partial charge in [-0.2, -0.15) is 5.10 Å². The number of hydrogen-bond donors (Lipinski definition) is 1. The van der Waals surface area contributed by atoms with Crippen LogP contribution in [0.5, 0.6) is 5.75 Å². The highest BCUT2D eigenvalue weighted by Crippen LogP contribution is 2.21. The Kier molecular flexibility index (Phi) is 6.64. The van der Waals surface area contributed by atoms with Crippen LogP contribution in [-0.2, 0) is 11.2 Å². The predicted octanol–water partition coefficient (Wildman–Crippen LogP) is 3.45. The Hall–Kier alpha value is -2.74. The molecule has 0 saturated carbocycles. The number of amides is 1. The minimum absolute atomic E-state index is 0.0245. The third-order valence-electron chi connectivity index (χ3n) is 3.19. The first kappa shape index (κ1) is 18.6. The minimum Gasteiger partial charge on any atom is -0.494 e. The van der Waals surface area contributed by atoms with Gasteiger partial charge in [-0.3, -0.25) is 14.9 Å². The van der Waals surface area contributed by atoms with Gasteiger partial charge in [-0.1, -0.05) is 12.1 Å². The Morgan fingerprint density at radius 3 is 2.64 bits per heavy atom. The molecule has 0 spiro atoms. The summed E-state index contributed by atoms with van der Waals surface area (Å²) in [5, 5.41) is 14.6. The standard InChI is InChI=1S/C17H16BrN3O4/c1-2-25-15-7-3-12(4-8-15)9-17(22)20-19-11-13-5-6-14(21(23)24)10-16(13)18/h3-8,10-11H,2,9H2,1H3,(H,20,22)/b19-11-. The molecule has 0 heterocycles. The lowest BCUT2D eigenvalue weighted by molar-refractivity contribution is -0.384. The van der Waals surface area contributed by atoms with Crippen LogP contribution in [0.1, 0.15) is 18.1 Å². The SMILES string of the molecule is CCOc1ccc(CC(=O)N/N=C\c2ccc([N+](=O)[O-])cc2Br)cc1. The van der Waals surface area contributed by atoms with Crippen LogP contribution in [0.25, 0.3) is 0 Å². The third kappa shape index (κ3) is 5.68. The van der Waals surface area contributed by atoms with Crippen molar-refractivity contribution in [2.45, 2.75) is 13.3 Å². The molecule has 1 amide bonds. The number of rotatable bonds is 7. The Labute approximate surface area is 153 Å². The number of hydrogen-bond acceptors (Lipinski definition) is 5. The van der Waals surface area contributed by atoms with Crippen molar-refractivity contribution in [1.29, 1.82) is 0 Å². The number of nitrogens with zero attached hydrogens (tertiary/aromatic N) is 2. The zero-order valence-electron chi connectivity index (χ0n) is 13.4. The van der Waals surface area contributed by atoms with Gasteiger partial charge in [-0.05, 0) is 46.6 Å². The molecule has 8 heteroatoms. The third-order valence-corrected chi connectivity index (χ3v) is 3.87. The van der Waals surface area contributed by atoms with Gasteiger partial charge in [0.05, 0.1) is 24.2 Å². The summed E-state index contributed by atoms with van der Waals surface area (Å²) >= 11 is 3.24. The molecule has 0 unspecified atom stereocenters. The molecule has 0 fully saturated rings. The number of nitro benzene ring substituents is 1. The highest BCUT2D eigenvalue weighted by molar-refractivity contribution is 9.10. The molecular weight excluding hydrogens is 390 g/mol. The molecule has 0 aliphatic heterocycles. The molecule has 0 aromatic heterocycles. The average molecular weight is 406 g/mol. The van der Waals surface area contributed by atoms with Crippen LogP contribution in [0.4, 0.5) is 5.69 Å². The number of carbonyl (C=O) groups excluding carboxylic acids is 1. The molecule has 2 rings (SSSR count). The van der Waals surface area contributed by atoms with E-state index in [4.69, 9.17) is 4.74 Å². The van der Waals surface area contributed by atoms with E-state index in [2.05, 4.69) is 26.5 Å². The van der Waals surface area contributed by atoms with Crippen LogP contribution >= 0.6 is 15.9 Å². The maximum Gasteiger partial charge on any atom is 0.270 e. The van der Waals surface area contributed by atoms with Crippen molar-refractivity contribution in [1.82, 2.24) is 5.43 Å². The van der Waals surface area contributed by atoms with Crippen molar-refractivity contribution in [3.05, 3.63) is 68.2 Å². The zero-order valence-corrected chi connectivity index (χ0v) is 15.0. The smallest absolute Gasteiger partial charge is 0.270 e. The van der Waals surface area contributed by atoms with E-state index in [0.29, 0.717) is 16.6 Å². The number of carbonyl (C=O) groups is 1. The van der Waals surface area contributed by atoms with E-state index in [1.807, 2.05) is 31.2 Å². The lowest BCUT2D eigenvalue weighted by Gasteiger charge is -2.04. The summed E-state index contributed by atoms with van der Waals surface area (Å²) in [7, 11) is 0. The van der Waals surface area contributed by atoms with Crippen molar-refractivity contribution < 1.29 is 14.5 Å². The highest BCUT2D eigenvalue weighted by atomic mass is 79.9. The lowest BCUT2D eigenvalue weighted by atomic mass is 10.1. The summed E-state index contributed by atoms with van der Waals surface area (Å²) in [5.41, 5.74) is 3.86. The summed E-state index contributed by atoms with van der Waals surface area (Å²) in [6.07, 6.45) is 1.61. The molecular formula is C17H16BrN3O4.